The van der Waals surface area contributed by atoms with Crippen molar-refractivity contribution in [2.75, 3.05) is 0 Å². The molecule has 0 bridgehead atoms. The van der Waals surface area contributed by atoms with Crippen LogP contribution in [0.2, 0.25) is 0 Å². The van der Waals surface area contributed by atoms with Gasteiger partial charge in [0.2, 0.25) is 0 Å². The van der Waals surface area contributed by atoms with E-state index in [-0.39, 0.29) is 0 Å². The van der Waals surface area contributed by atoms with Crippen molar-refractivity contribution in [1.29, 1.82) is 0 Å². The van der Waals surface area contributed by atoms with Crippen LogP contribution in [-0.4, -0.2) is 4.98 Å². The minimum atomic E-state index is 0.958. The lowest BCUT2D eigenvalue weighted by atomic mass is 9.97. The molecule has 17 heavy (non-hydrogen) atoms. The number of halogens is 1. The Morgan fingerprint density at radius 1 is 1.00 bits per heavy atom. The Labute approximate surface area is 111 Å². The van der Waals surface area contributed by atoms with Crippen LogP contribution in [-0.2, 0) is 6.42 Å². The zero-order valence-corrected chi connectivity index (χ0v) is 12.0. The van der Waals surface area contributed by atoms with E-state index >= 15 is 0 Å². The second-order valence-electron chi connectivity index (χ2n) is 4.38. The predicted octanol–water partition coefficient (Wildman–Crippen LogP) is 4.36. The van der Waals surface area contributed by atoms with Crippen molar-refractivity contribution in [2.45, 2.75) is 27.2 Å². The number of pyridine rings is 1. The summed E-state index contributed by atoms with van der Waals surface area (Å²) in [7, 11) is 0. The third-order valence-electron chi connectivity index (χ3n) is 3.25. The quantitative estimate of drug-likeness (QED) is 0.749. The Hall–Kier alpha value is -1.15. The number of hydrogen-bond acceptors (Lipinski definition) is 1. The molecule has 0 radical (unpaired) electrons. The van der Waals surface area contributed by atoms with Gasteiger partial charge in [-0.1, -0.05) is 30.3 Å². The molecule has 88 valence electrons. The zero-order chi connectivity index (χ0) is 12.4. The smallest absolute Gasteiger partial charge is 0.109 e. The van der Waals surface area contributed by atoms with E-state index in [9.17, 15) is 0 Å². The summed E-state index contributed by atoms with van der Waals surface area (Å²) in [6, 6.07) is 10.5. The van der Waals surface area contributed by atoms with Crippen molar-refractivity contribution >= 4 is 15.9 Å². The molecule has 0 aliphatic rings. The number of rotatable bonds is 2. The molecule has 1 heterocycles. The lowest BCUT2D eigenvalue weighted by Gasteiger charge is -2.13. The third kappa shape index (κ3) is 2.58. The number of nitrogens with zero attached hydrogens (tertiary/aromatic N) is 1. The first-order valence-electron chi connectivity index (χ1n) is 5.75. The molecule has 0 saturated heterocycles. The summed E-state index contributed by atoms with van der Waals surface area (Å²) in [6.45, 7) is 6.36. The lowest BCUT2D eigenvalue weighted by Crippen LogP contribution is -2.01. The standard InChI is InChI=1S/C15H16BrN/c1-10-11(2)15(16)17-12(3)14(10)9-13-7-5-4-6-8-13/h4-8H,9H2,1-3H3. The molecule has 0 aliphatic heterocycles. The Bertz CT molecular complexity index is 532. The number of benzene rings is 1. The molecule has 2 heteroatoms. The van der Waals surface area contributed by atoms with Gasteiger partial charge in [-0.2, -0.15) is 0 Å². The molecule has 1 nitrogen and oxygen atoms in total. The van der Waals surface area contributed by atoms with Gasteiger partial charge in [-0.15, -0.1) is 0 Å². The van der Waals surface area contributed by atoms with E-state index in [2.05, 4.69) is 66.0 Å². The molecule has 0 spiro atoms. The number of hydrogen-bond donors (Lipinski definition) is 0. The maximum Gasteiger partial charge on any atom is 0.109 e. The highest BCUT2D eigenvalue weighted by Crippen LogP contribution is 2.24. The topological polar surface area (TPSA) is 12.9 Å². The molecule has 0 N–H and O–H groups in total. The van der Waals surface area contributed by atoms with Crippen LogP contribution in [0.4, 0.5) is 0 Å². The van der Waals surface area contributed by atoms with Crippen LogP contribution in [0.1, 0.15) is 27.9 Å². The molecule has 2 aromatic rings. The first-order chi connectivity index (χ1) is 8.09. The number of aromatic nitrogens is 1. The van der Waals surface area contributed by atoms with E-state index in [4.69, 9.17) is 0 Å². The van der Waals surface area contributed by atoms with Crippen molar-refractivity contribution in [2.24, 2.45) is 0 Å². The largest absolute Gasteiger partial charge is 0.246 e. The Kier molecular flexibility index (Phi) is 3.63. The second kappa shape index (κ2) is 5.01. The molecular formula is C15H16BrN. The van der Waals surface area contributed by atoms with Crippen molar-refractivity contribution in [3.63, 3.8) is 0 Å². The Balaban J connectivity index is 2.43. The fraction of sp³-hybridized carbons (Fsp3) is 0.267. The normalized spacial score (nSPS) is 10.6. The Morgan fingerprint density at radius 2 is 1.65 bits per heavy atom. The van der Waals surface area contributed by atoms with Gasteiger partial charge < -0.3 is 0 Å². The minimum Gasteiger partial charge on any atom is -0.246 e. The fourth-order valence-corrected chi connectivity index (χ4v) is 2.57. The van der Waals surface area contributed by atoms with E-state index in [1.807, 2.05) is 6.07 Å². The molecule has 0 amide bonds. The minimum absolute atomic E-state index is 0.958. The summed E-state index contributed by atoms with van der Waals surface area (Å²) >= 11 is 3.51. The van der Waals surface area contributed by atoms with Gasteiger partial charge in [0.1, 0.15) is 4.60 Å². The van der Waals surface area contributed by atoms with Crippen LogP contribution in [0.15, 0.2) is 34.9 Å². The third-order valence-corrected chi connectivity index (χ3v) is 4.02. The van der Waals surface area contributed by atoms with E-state index < -0.39 is 0 Å². The first-order valence-corrected chi connectivity index (χ1v) is 6.55. The van der Waals surface area contributed by atoms with Crippen LogP contribution in [0.25, 0.3) is 0 Å². The van der Waals surface area contributed by atoms with Gasteiger partial charge in [0.15, 0.2) is 0 Å². The zero-order valence-electron chi connectivity index (χ0n) is 10.4. The van der Waals surface area contributed by atoms with E-state index in [0.29, 0.717) is 0 Å². The predicted molar refractivity (Wildman–Crippen MR) is 75.4 cm³/mol. The first kappa shape index (κ1) is 12.3. The SMILES string of the molecule is Cc1nc(Br)c(C)c(C)c1Cc1ccccc1. The van der Waals surface area contributed by atoms with Crippen LogP contribution in [0, 0.1) is 20.8 Å². The summed E-state index contributed by atoms with van der Waals surface area (Å²) < 4.78 is 0.962. The van der Waals surface area contributed by atoms with Gasteiger partial charge in [-0.3, -0.25) is 0 Å². The summed E-state index contributed by atoms with van der Waals surface area (Å²) in [5, 5.41) is 0. The highest BCUT2D eigenvalue weighted by atomic mass is 79.9. The molecular weight excluding hydrogens is 274 g/mol. The maximum atomic E-state index is 4.55. The molecule has 0 atom stereocenters. The van der Waals surface area contributed by atoms with Crippen LogP contribution in [0.3, 0.4) is 0 Å². The van der Waals surface area contributed by atoms with Gasteiger partial charge in [-0.25, -0.2) is 4.98 Å². The molecule has 0 aliphatic carbocycles. The maximum absolute atomic E-state index is 4.55. The molecule has 1 aromatic carbocycles. The molecule has 0 unspecified atom stereocenters. The lowest BCUT2D eigenvalue weighted by molar-refractivity contribution is 1.01. The van der Waals surface area contributed by atoms with Gasteiger partial charge in [0, 0.05) is 5.69 Å². The summed E-state index contributed by atoms with van der Waals surface area (Å²) in [4.78, 5) is 4.55. The van der Waals surface area contributed by atoms with Crippen molar-refractivity contribution in [1.82, 2.24) is 4.98 Å². The highest BCUT2D eigenvalue weighted by molar-refractivity contribution is 9.10. The van der Waals surface area contributed by atoms with E-state index in [0.717, 1.165) is 16.7 Å². The van der Waals surface area contributed by atoms with Gasteiger partial charge in [0.25, 0.3) is 0 Å². The summed E-state index contributed by atoms with van der Waals surface area (Å²) in [5.41, 5.74) is 6.37. The Morgan fingerprint density at radius 3 is 2.29 bits per heavy atom. The second-order valence-corrected chi connectivity index (χ2v) is 5.13. The molecule has 1 aromatic heterocycles. The fourth-order valence-electron chi connectivity index (χ4n) is 2.01. The highest BCUT2D eigenvalue weighted by Gasteiger charge is 2.10. The van der Waals surface area contributed by atoms with E-state index in [1.54, 1.807) is 0 Å². The van der Waals surface area contributed by atoms with Gasteiger partial charge >= 0.3 is 0 Å². The van der Waals surface area contributed by atoms with Crippen LogP contribution in [0.5, 0.6) is 0 Å². The average molecular weight is 290 g/mol. The van der Waals surface area contributed by atoms with Crippen molar-refractivity contribution in [3.05, 3.63) is 62.9 Å². The number of aryl methyl sites for hydroxylation is 1. The van der Waals surface area contributed by atoms with E-state index in [1.165, 1.54) is 22.3 Å². The average Bonchev–Trinajstić information content (AvgIpc) is 2.33. The summed E-state index contributed by atoms with van der Waals surface area (Å²) in [5.74, 6) is 0. The van der Waals surface area contributed by atoms with Gasteiger partial charge in [0.05, 0.1) is 0 Å². The van der Waals surface area contributed by atoms with Crippen molar-refractivity contribution in [3.8, 4) is 0 Å². The molecule has 0 saturated carbocycles. The van der Waals surface area contributed by atoms with Gasteiger partial charge in [-0.05, 0) is 65.4 Å². The summed E-state index contributed by atoms with van der Waals surface area (Å²) in [6.07, 6.45) is 0.958. The molecule has 2 rings (SSSR count). The molecule has 0 fully saturated rings. The van der Waals surface area contributed by atoms with Crippen LogP contribution >= 0.6 is 15.9 Å². The monoisotopic (exact) mass is 289 g/mol. The van der Waals surface area contributed by atoms with Crippen molar-refractivity contribution < 1.29 is 0 Å². The van der Waals surface area contributed by atoms with Crippen LogP contribution < -0.4 is 0 Å².